The number of rotatable bonds is 8. The van der Waals surface area contributed by atoms with Crippen LogP contribution in [0.4, 0.5) is 5.69 Å². The largest absolute Gasteiger partial charge is 0.322 e. The number of para-hydroxylation sites is 1. The molecule has 0 saturated carbocycles. The van der Waals surface area contributed by atoms with Gasteiger partial charge in [0, 0.05) is 38.4 Å². The van der Waals surface area contributed by atoms with Gasteiger partial charge in [-0.3, -0.25) is 4.79 Å². The van der Waals surface area contributed by atoms with Crippen molar-refractivity contribution in [1.82, 2.24) is 0 Å². The van der Waals surface area contributed by atoms with Crippen LogP contribution in [0.1, 0.15) is 30.9 Å². The summed E-state index contributed by atoms with van der Waals surface area (Å²) in [6.45, 7) is 6.30. The summed E-state index contributed by atoms with van der Waals surface area (Å²) < 4.78 is 0. The van der Waals surface area contributed by atoms with E-state index in [4.69, 9.17) is 0 Å². The topological polar surface area (TPSA) is 29.1 Å². The van der Waals surface area contributed by atoms with E-state index < -0.39 is 7.26 Å². The average molecular weight is 555 g/mol. The molecule has 1 atom stereocenters. The predicted molar refractivity (Wildman–Crippen MR) is 148 cm³/mol. The Morgan fingerprint density at radius 2 is 1.09 bits per heavy atom. The average Bonchev–Trinajstić information content (AvgIpc) is 2.88. The second kappa shape index (κ2) is 12.7. The Morgan fingerprint density at radius 3 is 1.46 bits per heavy atom. The van der Waals surface area contributed by atoms with Gasteiger partial charge < -0.3 is 5.32 Å². The molecule has 1 N–H and O–H groups in total. The van der Waals surface area contributed by atoms with E-state index >= 15 is 0 Å². The third kappa shape index (κ3) is 5.67. The smallest absolute Gasteiger partial charge is 0.266 e. The summed E-state index contributed by atoms with van der Waals surface area (Å²) in [6.07, 6.45) is 1.74. The van der Waals surface area contributed by atoms with Gasteiger partial charge in [0.15, 0.2) is 5.66 Å². The van der Waals surface area contributed by atoms with Crippen LogP contribution in [-0.4, -0.2) is 11.6 Å². The van der Waals surface area contributed by atoms with Crippen molar-refractivity contribution in [1.29, 1.82) is 0 Å². The number of carbonyl (C=O) groups excluding carboxylic acids is 1. The molecule has 2 nitrogen and oxygen atoms in total. The Morgan fingerprint density at radius 1 is 0.686 bits per heavy atom. The van der Waals surface area contributed by atoms with Crippen LogP contribution >= 0.6 is 7.26 Å². The Bertz CT molecular complexity index is 1110. The van der Waals surface area contributed by atoms with Crippen LogP contribution in [0.3, 0.4) is 0 Å². The summed E-state index contributed by atoms with van der Waals surface area (Å²) in [7, 11) is -2.32. The molecule has 4 aromatic rings. The molecule has 4 heteroatoms. The molecule has 0 heterocycles. The Hall–Kier alpha value is -2.12. The summed E-state index contributed by atoms with van der Waals surface area (Å²) in [4.78, 5) is 14.3. The van der Waals surface area contributed by atoms with Crippen molar-refractivity contribution < 1.29 is 37.5 Å². The predicted octanol–water partition coefficient (Wildman–Crippen LogP) is 6.40. The first-order valence-corrected chi connectivity index (χ1v) is 13.9. The Balaban J connectivity index is 0.00000342. The Labute approximate surface area is 235 Å². The van der Waals surface area contributed by atoms with Gasteiger partial charge >= 0.3 is 0 Å². The molecule has 1 unspecified atom stereocenters. The summed E-state index contributed by atoms with van der Waals surface area (Å²) in [5, 5.41) is 7.08. The van der Waals surface area contributed by atoms with Crippen LogP contribution in [0.2, 0.25) is 0 Å². The molecule has 0 saturated heterocycles. The number of aryl methyl sites for hydroxylation is 2. The minimum absolute atomic E-state index is 0. The zero-order valence-corrected chi connectivity index (χ0v) is 24.5. The minimum Gasteiger partial charge on any atom is -0.322 e. The van der Waals surface area contributed by atoms with Crippen molar-refractivity contribution in [2.75, 3.05) is 5.32 Å². The van der Waals surface area contributed by atoms with Crippen molar-refractivity contribution in [3.63, 3.8) is 0 Å². The van der Waals surface area contributed by atoms with Gasteiger partial charge in [0.25, 0.3) is 5.91 Å². The zero-order chi connectivity index (χ0) is 24.0. The maximum absolute atomic E-state index is 14.3. The van der Waals surface area contributed by atoms with Crippen LogP contribution in [0, 0.1) is 13.8 Å². The first-order valence-electron chi connectivity index (χ1n) is 12.0. The van der Waals surface area contributed by atoms with E-state index in [1.165, 1.54) is 15.9 Å². The van der Waals surface area contributed by atoms with Gasteiger partial charge in [-0.25, -0.2) is 0 Å². The van der Waals surface area contributed by atoms with Crippen molar-refractivity contribution in [2.24, 2.45) is 0 Å². The van der Waals surface area contributed by atoms with Gasteiger partial charge in [-0.15, -0.1) is 0 Å². The number of nitrogens with one attached hydrogen (secondary N) is 1. The fourth-order valence-electron chi connectivity index (χ4n) is 4.97. The molecule has 1 amide bonds. The Kier molecular flexibility index (Phi) is 9.99. The maximum Gasteiger partial charge on any atom is 0.266 e. The molecule has 4 rings (SSSR count). The number of hydrogen-bond acceptors (Lipinski definition) is 1. The van der Waals surface area contributed by atoms with E-state index in [0.29, 0.717) is 0 Å². The van der Waals surface area contributed by atoms with E-state index in [9.17, 15) is 4.79 Å². The first-order chi connectivity index (χ1) is 16.6. The third-order valence-corrected chi connectivity index (χ3v) is 11.3. The van der Waals surface area contributed by atoms with Crippen molar-refractivity contribution in [3.8, 4) is 0 Å². The van der Waals surface area contributed by atoms with Gasteiger partial charge in [-0.05, 0) is 67.8 Å². The molecule has 35 heavy (non-hydrogen) atoms. The number of hydrogen-bond donors (Lipinski definition) is 1. The molecule has 0 aromatic heterocycles. The third-order valence-electron chi connectivity index (χ3n) is 6.55. The van der Waals surface area contributed by atoms with E-state index in [1.807, 2.05) is 6.07 Å². The SMILES string of the molecule is CCCC(C(=O)Nc1c(C)cccc1C)[P+](c1ccccc1)(c1ccccc1)c1ccccc1.[Y]. The van der Waals surface area contributed by atoms with Crippen LogP contribution in [0.15, 0.2) is 109 Å². The fourth-order valence-corrected chi connectivity index (χ4v) is 9.93. The second-order valence-corrected chi connectivity index (χ2v) is 12.4. The number of anilines is 1. The standard InChI is InChI=1S/C31H32NOP.Y/c1-4-15-29(31(33)32-30-24(2)16-14-17-25(30)3)34(26-18-8-5-9-19-26,27-20-10-6-11-21-27)28-22-12-7-13-23-28;/h5-14,16-23,29H,4,15H2,1-3H3;/p+1. The van der Waals surface area contributed by atoms with Crippen molar-refractivity contribution in [3.05, 3.63) is 120 Å². The zero-order valence-electron chi connectivity index (χ0n) is 20.8. The summed E-state index contributed by atoms with van der Waals surface area (Å²) >= 11 is 0. The minimum atomic E-state index is -2.32. The quantitative estimate of drug-likeness (QED) is 0.251. The number of benzene rings is 4. The molecule has 0 fully saturated rings. The number of amides is 1. The van der Waals surface area contributed by atoms with Gasteiger partial charge in [0.1, 0.15) is 23.2 Å². The first kappa shape index (κ1) is 27.5. The van der Waals surface area contributed by atoms with E-state index in [-0.39, 0.29) is 44.3 Å². The van der Waals surface area contributed by atoms with Crippen LogP contribution in [-0.2, 0) is 37.5 Å². The molecule has 175 valence electrons. The molecule has 0 aliphatic rings. The van der Waals surface area contributed by atoms with E-state index in [1.54, 1.807) is 0 Å². The molecule has 1 radical (unpaired) electrons. The fraction of sp³-hybridized carbons (Fsp3) is 0.194. The normalized spacial score (nSPS) is 11.9. The molecule has 0 spiro atoms. The van der Waals surface area contributed by atoms with E-state index in [0.717, 1.165) is 29.7 Å². The van der Waals surface area contributed by atoms with Crippen molar-refractivity contribution in [2.45, 2.75) is 39.3 Å². The second-order valence-electron chi connectivity index (χ2n) is 8.79. The van der Waals surface area contributed by atoms with Crippen molar-refractivity contribution >= 4 is 34.8 Å². The van der Waals surface area contributed by atoms with Gasteiger partial charge in [0.05, 0.1) is 0 Å². The number of carbonyl (C=O) groups is 1. The summed E-state index contributed by atoms with van der Waals surface area (Å²) in [6, 6.07) is 38.2. The molecule has 0 aliphatic heterocycles. The van der Waals surface area contributed by atoms with E-state index in [2.05, 4.69) is 129 Å². The van der Waals surface area contributed by atoms with Gasteiger partial charge in [0.2, 0.25) is 0 Å². The summed E-state index contributed by atoms with van der Waals surface area (Å²) in [5.41, 5.74) is 2.92. The van der Waals surface area contributed by atoms with Gasteiger partial charge in [-0.1, -0.05) is 86.1 Å². The molecule has 0 bridgehead atoms. The molecule has 0 aliphatic carbocycles. The molecule has 4 aromatic carbocycles. The van der Waals surface area contributed by atoms with Crippen LogP contribution < -0.4 is 21.2 Å². The van der Waals surface area contributed by atoms with Crippen LogP contribution in [0.5, 0.6) is 0 Å². The molecular formula is C31H33NOPY+. The summed E-state index contributed by atoms with van der Waals surface area (Å²) in [5.74, 6) is 0.101. The molecular weight excluding hydrogens is 522 g/mol. The van der Waals surface area contributed by atoms with Gasteiger partial charge in [-0.2, -0.15) is 0 Å². The van der Waals surface area contributed by atoms with Crippen LogP contribution in [0.25, 0.3) is 0 Å². The maximum atomic E-state index is 14.3. The monoisotopic (exact) mass is 555 g/mol.